The van der Waals surface area contributed by atoms with Crippen molar-refractivity contribution in [3.8, 4) is 5.75 Å². The number of hydrazone groups is 1. The molecule has 0 spiro atoms. The summed E-state index contributed by atoms with van der Waals surface area (Å²) in [6.45, 7) is 0.251. The average Bonchev–Trinajstić information content (AvgIpc) is 3.23. The number of para-hydroxylation sites is 1. The molecule has 3 aromatic carbocycles. The third-order valence-corrected chi connectivity index (χ3v) is 5.69. The van der Waals surface area contributed by atoms with Crippen LogP contribution < -0.4 is 10.2 Å². The molecule has 9 heteroatoms. The third kappa shape index (κ3) is 5.50. The summed E-state index contributed by atoms with van der Waals surface area (Å²) in [6.07, 6.45) is 1.48. The molecule has 1 amide bonds. The van der Waals surface area contributed by atoms with Gasteiger partial charge in [-0.15, -0.1) is 0 Å². The summed E-state index contributed by atoms with van der Waals surface area (Å²) in [6, 6.07) is 19.0. The third-order valence-electron chi connectivity index (χ3n) is 4.64. The molecule has 166 valence electrons. The van der Waals surface area contributed by atoms with E-state index in [9.17, 15) is 9.59 Å². The molecular weight excluding hydrogens is 556 g/mol. The van der Waals surface area contributed by atoms with Crippen molar-refractivity contribution in [2.75, 3.05) is 0 Å². The average molecular weight is 572 g/mol. The lowest BCUT2D eigenvalue weighted by molar-refractivity contribution is 0.0696. The van der Waals surface area contributed by atoms with Gasteiger partial charge in [0.15, 0.2) is 5.76 Å². The maximum absolute atomic E-state index is 12.5. The van der Waals surface area contributed by atoms with E-state index >= 15 is 0 Å². The van der Waals surface area contributed by atoms with E-state index in [0.717, 1.165) is 19.9 Å². The Morgan fingerprint density at radius 3 is 2.58 bits per heavy atom. The summed E-state index contributed by atoms with van der Waals surface area (Å²) >= 11 is 6.83. The minimum atomic E-state index is -0.978. The van der Waals surface area contributed by atoms with Crippen LogP contribution in [0, 0.1) is 0 Å². The molecule has 0 saturated heterocycles. The van der Waals surface area contributed by atoms with E-state index < -0.39 is 11.9 Å². The van der Waals surface area contributed by atoms with Crippen molar-refractivity contribution in [2.24, 2.45) is 5.10 Å². The lowest BCUT2D eigenvalue weighted by atomic mass is 10.1. The van der Waals surface area contributed by atoms with E-state index in [0.29, 0.717) is 16.9 Å². The first-order chi connectivity index (χ1) is 15.9. The number of nitrogens with one attached hydrogen (secondary N) is 1. The van der Waals surface area contributed by atoms with E-state index in [-0.39, 0.29) is 17.9 Å². The second-order valence-electron chi connectivity index (χ2n) is 6.94. The van der Waals surface area contributed by atoms with Crippen LogP contribution in [0.2, 0.25) is 0 Å². The first-order valence-electron chi connectivity index (χ1n) is 9.67. The zero-order chi connectivity index (χ0) is 23.4. The molecule has 0 radical (unpaired) electrons. The Morgan fingerprint density at radius 2 is 1.82 bits per heavy atom. The largest absolute Gasteiger partial charge is 0.488 e. The molecule has 1 aromatic heterocycles. The fraction of sp³-hybridized carbons (Fsp3) is 0.0417. The molecule has 0 aliphatic rings. The highest BCUT2D eigenvalue weighted by molar-refractivity contribution is 9.11. The number of hydrogen-bond acceptors (Lipinski definition) is 5. The lowest BCUT2D eigenvalue weighted by Crippen LogP contribution is -2.16. The van der Waals surface area contributed by atoms with E-state index in [1.165, 1.54) is 18.3 Å². The number of amides is 1. The molecule has 1 heterocycles. The van der Waals surface area contributed by atoms with Gasteiger partial charge in [-0.25, -0.2) is 10.2 Å². The van der Waals surface area contributed by atoms with Crippen LogP contribution in [0.25, 0.3) is 11.0 Å². The molecule has 4 aromatic rings. The molecule has 33 heavy (non-hydrogen) atoms. The summed E-state index contributed by atoms with van der Waals surface area (Å²) in [5, 5.41) is 13.8. The number of carbonyl (C=O) groups excluding carboxylic acids is 1. The van der Waals surface area contributed by atoms with Crippen LogP contribution in [0.3, 0.4) is 0 Å². The van der Waals surface area contributed by atoms with Crippen LogP contribution in [0.15, 0.2) is 85.2 Å². The molecule has 7 nitrogen and oxygen atoms in total. The van der Waals surface area contributed by atoms with Crippen molar-refractivity contribution in [3.63, 3.8) is 0 Å². The highest BCUT2D eigenvalue weighted by Crippen LogP contribution is 2.31. The number of ether oxygens (including phenoxy) is 1. The van der Waals surface area contributed by atoms with Crippen molar-refractivity contribution >= 4 is 60.9 Å². The first kappa shape index (κ1) is 22.8. The van der Waals surface area contributed by atoms with Crippen molar-refractivity contribution in [2.45, 2.75) is 6.61 Å². The predicted molar refractivity (Wildman–Crippen MR) is 131 cm³/mol. The number of carboxylic acids is 1. The molecule has 0 bridgehead atoms. The Morgan fingerprint density at radius 1 is 1.06 bits per heavy atom. The monoisotopic (exact) mass is 570 g/mol. The Hall–Kier alpha value is -3.43. The van der Waals surface area contributed by atoms with Gasteiger partial charge in [0.25, 0.3) is 0 Å². The number of carbonyl (C=O) groups is 2. The number of furan rings is 1. The molecule has 2 N–H and O–H groups in total. The Labute approximate surface area is 205 Å². The smallest absolute Gasteiger partial charge is 0.335 e. The molecule has 0 unspecified atom stereocenters. The van der Waals surface area contributed by atoms with Crippen LogP contribution in [0.5, 0.6) is 5.75 Å². The van der Waals surface area contributed by atoms with Gasteiger partial charge < -0.3 is 14.3 Å². The van der Waals surface area contributed by atoms with Crippen molar-refractivity contribution < 1.29 is 23.8 Å². The molecule has 0 atom stereocenters. The standard InChI is InChI=1S/C24H16Br2N2O5/c25-18-9-17-10-21(33-22(17)19(26)11-18)23(29)28-27-12-16-3-1-2-4-20(16)32-13-14-5-7-15(8-6-14)24(30)31/h1-12H,13H2,(H,28,29)(H,30,31)/b27-12-. The summed E-state index contributed by atoms with van der Waals surface area (Å²) in [4.78, 5) is 23.4. The highest BCUT2D eigenvalue weighted by atomic mass is 79.9. The molecule has 0 aliphatic heterocycles. The van der Waals surface area contributed by atoms with Crippen LogP contribution in [-0.4, -0.2) is 23.2 Å². The number of aromatic carboxylic acids is 1. The summed E-state index contributed by atoms with van der Waals surface area (Å²) in [5.74, 6) is -0.762. The number of benzene rings is 3. The van der Waals surface area contributed by atoms with E-state index in [1.807, 2.05) is 24.3 Å². The molecule has 0 aliphatic carbocycles. The van der Waals surface area contributed by atoms with Crippen molar-refractivity contribution in [1.29, 1.82) is 0 Å². The minimum Gasteiger partial charge on any atom is -0.488 e. The first-order valence-corrected chi connectivity index (χ1v) is 11.3. The second kappa shape index (κ2) is 10.0. The van der Waals surface area contributed by atoms with Crippen LogP contribution in [0.1, 0.15) is 32.0 Å². The summed E-state index contributed by atoms with van der Waals surface area (Å²) < 4.78 is 13.1. The normalized spacial score (nSPS) is 11.1. The highest BCUT2D eigenvalue weighted by Gasteiger charge is 2.14. The van der Waals surface area contributed by atoms with Crippen molar-refractivity contribution in [1.82, 2.24) is 5.43 Å². The van der Waals surface area contributed by atoms with Crippen LogP contribution in [-0.2, 0) is 6.61 Å². The SMILES string of the molecule is O=C(O)c1ccc(COc2ccccc2/C=N\NC(=O)c2cc3cc(Br)cc(Br)c3o2)cc1. The topological polar surface area (TPSA) is 101 Å². The predicted octanol–water partition coefficient (Wildman–Crippen LogP) is 6.00. The number of fused-ring (bicyclic) bond motifs is 1. The molecule has 0 fully saturated rings. The van der Waals surface area contributed by atoms with Crippen molar-refractivity contribution in [3.05, 3.63) is 98.1 Å². The Kier molecular flexibility index (Phi) is 6.90. The fourth-order valence-corrected chi connectivity index (χ4v) is 4.37. The van der Waals surface area contributed by atoms with E-state index in [4.69, 9.17) is 14.3 Å². The maximum atomic E-state index is 12.5. The number of carboxylic acid groups (broad SMARTS) is 1. The van der Waals surface area contributed by atoms with Gasteiger partial charge in [0.2, 0.25) is 0 Å². The van der Waals surface area contributed by atoms with Gasteiger partial charge in [0, 0.05) is 15.4 Å². The summed E-state index contributed by atoms with van der Waals surface area (Å²) in [5.41, 5.74) is 4.73. The van der Waals surface area contributed by atoms with Gasteiger partial charge in [0.05, 0.1) is 16.3 Å². The molecule has 0 saturated carbocycles. The fourth-order valence-electron chi connectivity index (χ4n) is 3.03. The molecular formula is C24H16Br2N2O5. The zero-order valence-corrected chi connectivity index (χ0v) is 20.1. The quantitative estimate of drug-likeness (QED) is 0.209. The number of nitrogens with zero attached hydrogens (tertiary/aromatic N) is 1. The number of hydrogen-bond donors (Lipinski definition) is 2. The molecule has 4 rings (SSSR count). The van der Waals surface area contributed by atoms with Crippen LogP contribution in [0.4, 0.5) is 0 Å². The Bertz CT molecular complexity index is 1360. The van der Waals surface area contributed by atoms with Gasteiger partial charge >= 0.3 is 11.9 Å². The number of halogens is 2. The maximum Gasteiger partial charge on any atom is 0.335 e. The van der Waals surface area contributed by atoms with E-state index in [1.54, 1.807) is 30.3 Å². The second-order valence-corrected chi connectivity index (χ2v) is 8.71. The Balaban J connectivity index is 1.42. The van der Waals surface area contributed by atoms with Crippen LogP contribution >= 0.6 is 31.9 Å². The lowest BCUT2D eigenvalue weighted by Gasteiger charge is -2.09. The minimum absolute atomic E-state index is 0.135. The number of rotatable bonds is 7. The van der Waals surface area contributed by atoms with E-state index in [2.05, 4.69) is 42.4 Å². The van der Waals surface area contributed by atoms with Gasteiger partial charge in [-0.05, 0) is 64.0 Å². The summed E-state index contributed by atoms with van der Waals surface area (Å²) in [7, 11) is 0. The van der Waals surface area contributed by atoms with Gasteiger partial charge in [-0.3, -0.25) is 4.79 Å². The van der Waals surface area contributed by atoms with Gasteiger partial charge in [-0.1, -0.05) is 40.2 Å². The van der Waals surface area contributed by atoms with Gasteiger partial charge in [-0.2, -0.15) is 5.10 Å². The zero-order valence-electron chi connectivity index (χ0n) is 16.9. The van der Waals surface area contributed by atoms with Gasteiger partial charge in [0.1, 0.15) is 17.9 Å².